The lowest BCUT2D eigenvalue weighted by atomic mass is 9.70. The number of hydrogen-bond acceptors (Lipinski definition) is 1. The molecule has 1 atom stereocenters. The summed E-state index contributed by atoms with van der Waals surface area (Å²) in [6.45, 7) is 23.7. The normalized spacial score (nSPS) is 14.0. The highest BCUT2D eigenvalue weighted by molar-refractivity contribution is 5.83. The molecular formula is C42H56N2. The summed E-state index contributed by atoms with van der Waals surface area (Å²) in [5.41, 5.74) is 12.6. The summed E-state index contributed by atoms with van der Waals surface area (Å²) in [6.07, 6.45) is 10.3. The molecule has 0 aliphatic heterocycles. The summed E-state index contributed by atoms with van der Waals surface area (Å²) in [5, 5.41) is 0. The van der Waals surface area contributed by atoms with E-state index in [1.165, 1.54) is 76.0 Å². The molecule has 0 amide bonds. The van der Waals surface area contributed by atoms with Crippen LogP contribution in [0.25, 0.3) is 28.2 Å². The van der Waals surface area contributed by atoms with Crippen molar-refractivity contribution in [1.82, 2.24) is 9.55 Å². The monoisotopic (exact) mass is 588 g/mol. The molecule has 0 spiro atoms. The molecule has 234 valence electrons. The van der Waals surface area contributed by atoms with Crippen molar-refractivity contribution in [2.75, 3.05) is 0 Å². The lowest BCUT2D eigenvalue weighted by molar-refractivity contribution is 0.283. The Morgan fingerprint density at radius 2 is 1.52 bits per heavy atom. The second kappa shape index (κ2) is 12.3. The third-order valence-corrected chi connectivity index (χ3v) is 9.77. The highest BCUT2D eigenvalue weighted by Gasteiger charge is 2.33. The van der Waals surface area contributed by atoms with E-state index >= 15 is 0 Å². The first kappa shape index (κ1) is 32.3. The van der Waals surface area contributed by atoms with Crippen LogP contribution < -0.4 is 0 Å². The van der Waals surface area contributed by atoms with Crippen LogP contribution in [0, 0.1) is 11.3 Å². The lowest BCUT2D eigenvalue weighted by Gasteiger charge is -2.36. The zero-order chi connectivity index (χ0) is 31.9. The molecule has 1 aliphatic carbocycles. The Labute approximate surface area is 268 Å². The third kappa shape index (κ3) is 6.60. The van der Waals surface area contributed by atoms with Gasteiger partial charge in [-0.1, -0.05) is 150 Å². The zero-order valence-corrected chi connectivity index (χ0v) is 29.3. The van der Waals surface area contributed by atoms with Crippen molar-refractivity contribution >= 4 is 0 Å². The van der Waals surface area contributed by atoms with E-state index < -0.39 is 0 Å². The zero-order valence-electron chi connectivity index (χ0n) is 29.3. The molecule has 0 saturated carbocycles. The van der Waals surface area contributed by atoms with Crippen LogP contribution in [0.2, 0.25) is 0 Å². The maximum atomic E-state index is 5.30. The predicted molar refractivity (Wildman–Crippen MR) is 190 cm³/mol. The van der Waals surface area contributed by atoms with Crippen LogP contribution >= 0.6 is 0 Å². The van der Waals surface area contributed by atoms with Crippen molar-refractivity contribution in [3.8, 4) is 28.2 Å². The number of unbranched alkanes of at least 4 members (excludes halogenated alkanes) is 1. The number of benzene rings is 3. The number of rotatable bonds is 10. The molecule has 2 heteroatoms. The Kier molecular flexibility index (Phi) is 9.05. The molecule has 0 fully saturated rings. The number of hydrogen-bond donors (Lipinski definition) is 0. The van der Waals surface area contributed by atoms with Crippen LogP contribution in [-0.4, -0.2) is 9.55 Å². The molecule has 0 N–H and O–H groups in total. The summed E-state index contributed by atoms with van der Waals surface area (Å²) >= 11 is 0. The Bertz CT molecular complexity index is 1600. The van der Waals surface area contributed by atoms with Crippen molar-refractivity contribution in [1.29, 1.82) is 0 Å². The molecule has 44 heavy (non-hydrogen) atoms. The molecule has 0 bridgehead atoms. The van der Waals surface area contributed by atoms with Gasteiger partial charge in [-0.15, -0.1) is 0 Å². The number of imidazole rings is 1. The minimum Gasteiger partial charge on any atom is -0.296 e. The first-order valence-electron chi connectivity index (χ1n) is 17.2. The first-order valence-corrected chi connectivity index (χ1v) is 17.2. The van der Waals surface area contributed by atoms with E-state index in [2.05, 4.69) is 141 Å². The highest BCUT2D eigenvalue weighted by Crippen LogP contribution is 2.45. The smallest absolute Gasteiger partial charge is 0.145 e. The van der Waals surface area contributed by atoms with Crippen LogP contribution in [0.4, 0.5) is 0 Å². The van der Waals surface area contributed by atoms with Gasteiger partial charge in [-0.3, -0.25) is 4.57 Å². The maximum Gasteiger partial charge on any atom is 0.145 e. The molecule has 0 radical (unpaired) electrons. The van der Waals surface area contributed by atoms with Crippen molar-refractivity contribution < 1.29 is 0 Å². The molecule has 0 saturated heterocycles. The number of fused-ring (bicyclic) bond motifs is 3. The quantitative estimate of drug-likeness (QED) is 0.159. The van der Waals surface area contributed by atoms with Crippen molar-refractivity contribution in [2.24, 2.45) is 11.3 Å². The highest BCUT2D eigenvalue weighted by atomic mass is 15.1. The van der Waals surface area contributed by atoms with E-state index in [0.717, 1.165) is 25.1 Å². The molecule has 5 rings (SSSR count). The van der Waals surface area contributed by atoms with Crippen molar-refractivity contribution in [2.45, 2.75) is 125 Å². The SMILES string of the molecule is CCCCC(CC)Cc1cnc(-c2cccc3c2Cc2ccccc2-3)n1-c1ccc(C(C)(C)C)cc1C(C)(C)CC(C)(C)C. The average Bonchev–Trinajstić information content (AvgIpc) is 3.54. The fourth-order valence-corrected chi connectivity index (χ4v) is 7.76. The Hall–Kier alpha value is -3.13. The molecular weight excluding hydrogens is 532 g/mol. The molecule has 4 aromatic rings. The van der Waals surface area contributed by atoms with Crippen LogP contribution in [0.3, 0.4) is 0 Å². The van der Waals surface area contributed by atoms with Crippen molar-refractivity contribution in [3.05, 3.63) is 94.8 Å². The largest absolute Gasteiger partial charge is 0.296 e. The third-order valence-electron chi connectivity index (χ3n) is 9.77. The fourth-order valence-electron chi connectivity index (χ4n) is 7.76. The minimum absolute atomic E-state index is 0.0190. The van der Waals surface area contributed by atoms with Crippen LogP contribution in [0.1, 0.15) is 129 Å². The van der Waals surface area contributed by atoms with E-state index in [0.29, 0.717) is 5.92 Å². The second-order valence-electron chi connectivity index (χ2n) is 16.3. The van der Waals surface area contributed by atoms with E-state index in [1.807, 2.05) is 0 Å². The predicted octanol–water partition coefficient (Wildman–Crippen LogP) is 11.9. The van der Waals surface area contributed by atoms with Gasteiger partial charge in [0.2, 0.25) is 0 Å². The van der Waals surface area contributed by atoms with E-state index in [4.69, 9.17) is 4.98 Å². The Morgan fingerprint density at radius 3 is 2.20 bits per heavy atom. The lowest BCUT2D eigenvalue weighted by Crippen LogP contribution is -2.27. The Balaban J connectivity index is 1.76. The fraction of sp³-hybridized carbons (Fsp3) is 0.500. The van der Waals surface area contributed by atoms with Gasteiger partial charge in [0.1, 0.15) is 5.82 Å². The van der Waals surface area contributed by atoms with Crippen LogP contribution in [0.5, 0.6) is 0 Å². The summed E-state index contributed by atoms with van der Waals surface area (Å²) < 4.78 is 2.57. The summed E-state index contributed by atoms with van der Waals surface area (Å²) in [4.78, 5) is 5.30. The standard InChI is InChI=1S/C42H56N2/c1-11-13-17-29(12-2)24-32-27-43-39(35-21-16-20-34-33-19-15-14-18-30(33)25-36(34)35)44(32)38-23-22-31(41(6,7)8)26-37(38)42(9,10)28-40(3,4)5/h14-16,18-23,26-27,29H,11-13,17,24-25,28H2,1-10H3. The van der Waals surface area contributed by atoms with Crippen LogP contribution in [0.15, 0.2) is 66.9 Å². The first-order chi connectivity index (χ1) is 20.7. The molecule has 2 nitrogen and oxygen atoms in total. The minimum atomic E-state index is -0.0190. The van der Waals surface area contributed by atoms with Crippen molar-refractivity contribution in [3.63, 3.8) is 0 Å². The van der Waals surface area contributed by atoms with Gasteiger partial charge >= 0.3 is 0 Å². The average molecular weight is 589 g/mol. The summed E-state index contributed by atoms with van der Waals surface area (Å²) in [7, 11) is 0. The molecule has 1 aromatic heterocycles. The van der Waals surface area contributed by atoms with Gasteiger partial charge < -0.3 is 0 Å². The summed E-state index contributed by atoms with van der Waals surface area (Å²) in [6, 6.07) is 23.1. The van der Waals surface area contributed by atoms with Crippen LogP contribution in [-0.2, 0) is 23.7 Å². The molecule has 3 aromatic carbocycles. The van der Waals surface area contributed by atoms with Gasteiger partial charge in [-0.25, -0.2) is 4.98 Å². The van der Waals surface area contributed by atoms with Gasteiger partial charge in [-0.2, -0.15) is 0 Å². The maximum absolute atomic E-state index is 5.30. The topological polar surface area (TPSA) is 17.8 Å². The Morgan fingerprint density at radius 1 is 0.818 bits per heavy atom. The summed E-state index contributed by atoms with van der Waals surface area (Å²) in [5.74, 6) is 1.75. The molecule has 1 unspecified atom stereocenters. The van der Waals surface area contributed by atoms with E-state index in [9.17, 15) is 0 Å². The van der Waals surface area contributed by atoms with Gasteiger partial charge in [0.25, 0.3) is 0 Å². The van der Waals surface area contributed by atoms with E-state index in [-0.39, 0.29) is 16.2 Å². The molecule has 1 heterocycles. The van der Waals surface area contributed by atoms with E-state index in [1.54, 1.807) is 0 Å². The van der Waals surface area contributed by atoms with Gasteiger partial charge in [0.15, 0.2) is 0 Å². The van der Waals surface area contributed by atoms with Gasteiger partial charge in [0, 0.05) is 17.5 Å². The number of nitrogens with zero attached hydrogens (tertiary/aromatic N) is 2. The molecule has 1 aliphatic rings. The van der Waals surface area contributed by atoms with Gasteiger partial charge in [0.05, 0.1) is 5.69 Å². The second-order valence-corrected chi connectivity index (χ2v) is 16.3. The number of aromatic nitrogens is 2. The van der Waals surface area contributed by atoms with Gasteiger partial charge in [-0.05, 0) is 80.9 Å².